The van der Waals surface area contributed by atoms with Gasteiger partial charge in [-0.05, 0) is 48.9 Å². The molecule has 0 atom stereocenters. The second-order valence-corrected chi connectivity index (χ2v) is 7.99. The lowest BCUT2D eigenvalue weighted by molar-refractivity contribution is 0.295. The summed E-state index contributed by atoms with van der Waals surface area (Å²) in [5, 5.41) is 13.7. The number of benzene rings is 3. The third-order valence-electron chi connectivity index (χ3n) is 5.29. The van der Waals surface area contributed by atoms with Crippen LogP contribution in [0, 0.1) is 17.1 Å². The average Bonchev–Trinajstić information content (AvgIpc) is 2.90. The zero-order valence-electron chi connectivity index (χ0n) is 19.7. The van der Waals surface area contributed by atoms with E-state index in [0.29, 0.717) is 69.8 Å². The van der Waals surface area contributed by atoms with Crippen molar-refractivity contribution < 1.29 is 23.3 Å². The van der Waals surface area contributed by atoms with E-state index in [1.54, 1.807) is 43.5 Å². The molecule has 1 aromatic heterocycles. The molecule has 0 aliphatic carbocycles. The summed E-state index contributed by atoms with van der Waals surface area (Å²) in [5.41, 5.74) is 2.32. The molecule has 184 valence electrons. The Labute approximate surface area is 213 Å². The molecule has 0 bridgehead atoms. The number of nitrogens with one attached hydrogen (secondary N) is 1. The van der Waals surface area contributed by atoms with Crippen molar-refractivity contribution in [1.82, 2.24) is 4.98 Å². The first-order valence-electron chi connectivity index (χ1n) is 11.0. The second-order valence-electron chi connectivity index (χ2n) is 7.62. The molecule has 4 aromatic rings. The quantitative estimate of drug-likeness (QED) is 0.186. The minimum absolute atomic E-state index is 0.291. The van der Waals surface area contributed by atoms with Crippen molar-refractivity contribution in [3.63, 3.8) is 0 Å². The summed E-state index contributed by atoms with van der Waals surface area (Å²) < 4.78 is 35.8. The predicted molar refractivity (Wildman–Crippen MR) is 137 cm³/mol. The van der Waals surface area contributed by atoms with Gasteiger partial charge in [0, 0.05) is 35.3 Å². The van der Waals surface area contributed by atoms with Gasteiger partial charge in [-0.2, -0.15) is 5.26 Å². The van der Waals surface area contributed by atoms with E-state index in [0.717, 1.165) is 5.69 Å². The number of nitriles is 1. The molecular weight excluding hydrogens is 485 g/mol. The van der Waals surface area contributed by atoms with Crippen LogP contribution in [0.4, 0.5) is 15.8 Å². The van der Waals surface area contributed by atoms with E-state index in [1.807, 2.05) is 0 Å². The number of anilines is 2. The van der Waals surface area contributed by atoms with Gasteiger partial charge in [0.05, 0.1) is 37.6 Å². The molecule has 1 N–H and O–H groups in total. The second kappa shape index (κ2) is 11.5. The van der Waals surface area contributed by atoms with E-state index in [-0.39, 0.29) is 0 Å². The van der Waals surface area contributed by atoms with Gasteiger partial charge in [-0.15, -0.1) is 11.6 Å². The Balaban J connectivity index is 1.62. The molecule has 0 unspecified atom stereocenters. The number of rotatable bonds is 10. The minimum Gasteiger partial charge on any atom is -0.493 e. The number of hydrogen-bond donors (Lipinski definition) is 1. The van der Waals surface area contributed by atoms with Crippen molar-refractivity contribution in [2.45, 2.75) is 6.42 Å². The zero-order chi connectivity index (χ0) is 25.5. The SMILES string of the molecule is COc1cc2c(Nc3ccc(Oc4ccc(F)cc4OC)cc3)c(C#N)cnc2cc1OCCCCl. The lowest BCUT2D eigenvalue weighted by Crippen LogP contribution is -2.02. The highest BCUT2D eigenvalue weighted by atomic mass is 35.5. The average molecular weight is 508 g/mol. The van der Waals surface area contributed by atoms with Crippen LogP contribution in [-0.2, 0) is 0 Å². The molecular formula is C27H23ClFN3O4. The predicted octanol–water partition coefficient (Wildman–Crippen LogP) is 6.81. The maximum atomic E-state index is 13.5. The molecule has 0 aliphatic rings. The van der Waals surface area contributed by atoms with E-state index in [1.165, 1.54) is 31.5 Å². The fourth-order valence-electron chi connectivity index (χ4n) is 3.53. The summed E-state index contributed by atoms with van der Waals surface area (Å²) in [5.74, 6) is 2.37. The third kappa shape index (κ3) is 5.53. The van der Waals surface area contributed by atoms with E-state index < -0.39 is 5.82 Å². The summed E-state index contributed by atoms with van der Waals surface area (Å²) in [6.45, 7) is 0.449. The Hall–Kier alpha value is -4.22. The number of hydrogen-bond acceptors (Lipinski definition) is 7. The molecule has 0 saturated heterocycles. The fraction of sp³-hybridized carbons (Fsp3) is 0.185. The Morgan fingerprint density at radius 1 is 0.972 bits per heavy atom. The summed E-state index contributed by atoms with van der Waals surface area (Å²) in [6, 6.07) is 16.9. The van der Waals surface area contributed by atoms with Crippen LogP contribution >= 0.6 is 11.6 Å². The molecule has 0 amide bonds. The Morgan fingerprint density at radius 2 is 1.72 bits per heavy atom. The number of aromatic nitrogens is 1. The highest BCUT2D eigenvalue weighted by Gasteiger charge is 2.15. The van der Waals surface area contributed by atoms with Gasteiger partial charge < -0.3 is 24.3 Å². The molecule has 9 heteroatoms. The highest BCUT2D eigenvalue weighted by molar-refractivity contribution is 6.17. The number of nitrogens with zero attached hydrogens (tertiary/aromatic N) is 2. The lowest BCUT2D eigenvalue weighted by atomic mass is 10.1. The van der Waals surface area contributed by atoms with Gasteiger partial charge in [-0.1, -0.05) is 0 Å². The topological polar surface area (TPSA) is 85.6 Å². The van der Waals surface area contributed by atoms with Crippen molar-refractivity contribution in [3.05, 3.63) is 72.2 Å². The van der Waals surface area contributed by atoms with Gasteiger partial charge in [-0.25, -0.2) is 4.39 Å². The molecule has 36 heavy (non-hydrogen) atoms. The van der Waals surface area contributed by atoms with Crippen molar-refractivity contribution in [3.8, 4) is 34.8 Å². The van der Waals surface area contributed by atoms with Crippen LogP contribution in [0.3, 0.4) is 0 Å². The van der Waals surface area contributed by atoms with Crippen LogP contribution in [0.25, 0.3) is 10.9 Å². The van der Waals surface area contributed by atoms with Gasteiger partial charge in [0.2, 0.25) is 0 Å². The summed E-state index contributed by atoms with van der Waals surface area (Å²) >= 11 is 5.75. The molecule has 7 nitrogen and oxygen atoms in total. The number of fused-ring (bicyclic) bond motifs is 1. The third-order valence-corrected chi connectivity index (χ3v) is 5.55. The maximum absolute atomic E-state index is 13.5. The summed E-state index contributed by atoms with van der Waals surface area (Å²) in [7, 11) is 3.00. The van der Waals surface area contributed by atoms with Crippen molar-refractivity contribution >= 4 is 33.9 Å². The fourth-order valence-corrected chi connectivity index (χ4v) is 3.64. The first kappa shape index (κ1) is 24.9. The molecule has 0 spiro atoms. The minimum atomic E-state index is -0.415. The molecule has 0 fully saturated rings. The molecule has 1 heterocycles. The van der Waals surface area contributed by atoms with Crippen LogP contribution < -0.4 is 24.3 Å². The molecule has 0 aliphatic heterocycles. The van der Waals surface area contributed by atoms with Gasteiger partial charge >= 0.3 is 0 Å². The first-order chi connectivity index (χ1) is 17.6. The van der Waals surface area contributed by atoms with Crippen LogP contribution in [0.2, 0.25) is 0 Å². The van der Waals surface area contributed by atoms with Gasteiger partial charge in [0.1, 0.15) is 17.6 Å². The van der Waals surface area contributed by atoms with Gasteiger partial charge in [0.15, 0.2) is 23.0 Å². The highest BCUT2D eigenvalue weighted by Crippen LogP contribution is 2.38. The van der Waals surface area contributed by atoms with E-state index in [4.69, 9.17) is 30.5 Å². The number of methoxy groups -OCH3 is 2. The largest absolute Gasteiger partial charge is 0.493 e. The van der Waals surface area contributed by atoms with Crippen molar-refractivity contribution in [2.24, 2.45) is 0 Å². The monoisotopic (exact) mass is 507 g/mol. The smallest absolute Gasteiger partial charge is 0.169 e. The molecule has 3 aromatic carbocycles. The standard InChI is InChI=1S/C27H23ClFN3O4/c1-33-24-12-18(29)4-9-23(24)36-20-7-5-19(6-8-20)32-27-17(15-30)16-31-22-14-26(35-11-3-10-28)25(34-2)13-21(22)27/h4-9,12-14,16H,3,10-11H2,1-2H3,(H,31,32). The number of alkyl halides is 1. The Kier molecular flexibility index (Phi) is 7.93. The lowest BCUT2D eigenvalue weighted by Gasteiger charge is -2.16. The van der Waals surface area contributed by atoms with Gasteiger partial charge in [-0.3, -0.25) is 4.98 Å². The van der Waals surface area contributed by atoms with Crippen LogP contribution in [0.5, 0.6) is 28.7 Å². The Bertz CT molecular complexity index is 1410. The number of pyridine rings is 1. The molecule has 0 radical (unpaired) electrons. The van der Waals surface area contributed by atoms with E-state index >= 15 is 0 Å². The first-order valence-corrected chi connectivity index (χ1v) is 11.6. The van der Waals surface area contributed by atoms with E-state index in [9.17, 15) is 9.65 Å². The van der Waals surface area contributed by atoms with E-state index in [2.05, 4.69) is 16.4 Å². The summed E-state index contributed by atoms with van der Waals surface area (Å²) in [6.07, 6.45) is 2.21. The van der Waals surface area contributed by atoms with Crippen LogP contribution in [-0.4, -0.2) is 31.7 Å². The molecule has 4 rings (SSSR count). The number of ether oxygens (including phenoxy) is 4. The maximum Gasteiger partial charge on any atom is 0.169 e. The zero-order valence-corrected chi connectivity index (χ0v) is 20.4. The number of halogens is 2. The Morgan fingerprint density at radius 3 is 2.42 bits per heavy atom. The van der Waals surface area contributed by atoms with Crippen molar-refractivity contribution in [2.75, 3.05) is 32.0 Å². The normalized spacial score (nSPS) is 10.5. The summed E-state index contributed by atoms with van der Waals surface area (Å²) in [4.78, 5) is 4.42. The van der Waals surface area contributed by atoms with Crippen molar-refractivity contribution in [1.29, 1.82) is 5.26 Å². The van der Waals surface area contributed by atoms with Gasteiger partial charge in [0.25, 0.3) is 0 Å². The van der Waals surface area contributed by atoms with Crippen LogP contribution in [0.1, 0.15) is 12.0 Å². The van der Waals surface area contributed by atoms with Crippen LogP contribution in [0.15, 0.2) is 60.8 Å². The molecule has 0 saturated carbocycles.